The maximum atomic E-state index is 6.29. The van der Waals surface area contributed by atoms with E-state index < -0.39 is 0 Å². The number of hydrogen-bond acceptors (Lipinski definition) is 2. The Morgan fingerprint density at radius 1 is 1.10 bits per heavy atom. The summed E-state index contributed by atoms with van der Waals surface area (Å²) >= 11 is 3.46. The van der Waals surface area contributed by atoms with Gasteiger partial charge in [0, 0.05) is 10.5 Å². The molecule has 0 spiro atoms. The molecule has 0 saturated heterocycles. The first-order valence-corrected chi connectivity index (χ1v) is 8.06. The van der Waals surface area contributed by atoms with Gasteiger partial charge in [0.05, 0.1) is 0 Å². The van der Waals surface area contributed by atoms with E-state index in [0.717, 1.165) is 22.2 Å². The number of ether oxygens (including phenoxy) is 1. The van der Waals surface area contributed by atoms with Crippen LogP contribution in [-0.4, -0.2) is 6.04 Å². The first kappa shape index (κ1) is 16.1. The second-order valence-corrected chi connectivity index (χ2v) is 6.28. The highest BCUT2D eigenvalue weighted by molar-refractivity contribution is 9.10. The lowest BCUT2D eigenvalue weighted by molar-refractivity contribution is 0.170. The molecular weight excluding hydrogens is 326 g/mol. The monoisotopic (exact) mass is 347 g/mol. The summed E-state index contributed by atoms with van der Waals surface area (Å²) in [5, 5.41) is 0. The molecule has 2 N–H and O–H groups in total. The molecule has 0 aromatic heterocycles. The molecule has 3 heteroatoms. The van der Waals surface area contributed by atoms with Crippen molar-refractivity contribution in [3.8, 4) is 5.75 Å². The van der Waals surface area contributed by atoms with Gasteiger partial charge in [-0.25, -0.2) is 0 Å². The van der Waals surface area contributed by atoms with Crippen LogP contribution in [0.15, 0.2) is 46.9 Å². The van der Waals surface area contributed by atoms with Crippen molar-refractivity contribution in [1.29, 1.82) is 0 Å². The molecule has 0 amide bonds. The minimum Gasteiger partial charge on any atom is -0.484 e. The number of aryl methyl sites for hydroxylation is 1. The molecule has 0 heterocycles. The van der Waals surface area contributed by atoms with Gasteiger partial charge in [0.1, 0.15) is 11.9 Å². The molecule has 2 atom stereocenters. The van der Waals surface area contributed by atoms with Crippen LogP contribution in [0.25, 0.3) is 0 Å². The third kappa shape index (κ3) is 3.86. The highest BCUT2D eigenvalue weighted by atomic mass is 79.9. The number of benzene rings is 2. The van der Waals surface area contributed by atoms with Crippen molar-refractivity contribution in [2.75, 3.05) is 0 Å². The molecule has 0 bridgehead atoms. The molecule has 2 aromatic rings. The Morgan fingerprint density at radius 2 is 1.76 bits per heavy atom. The van der Waals surface area contributed by atoms with Gasteiger partial charge in [0.2, 0.25) is 0 Å². The highest BCUT2D eigenvalue weighted by Gasteiger charge is 2.21. The summed E-state index contributed by atoms with van der Waals surface area (Å²) in [7, 11) is 0. The SMILES string of the molecule is CCC(N)C(Oc1cccc(C)c1C)c1ccc(Br)cc1. The van der Waals surface area contributed by atoms with Crippen molar-refractivity contribution in [1.82, 2.24) is 0 Å². The van der Waals surface area contributed by atoms with Crippen molar-refractivity contribution in [2.45, 2.75) is 39.3 Å². The predicted molar refractivity (Wildman–Crippen MR) is 91.7 cm³/mol. The Hall–Kier alpha value is -1.32. The molecule has 21 heavy (non-hydrogen) atoms. The molecule has 2 rings (SSSR count). The molecule has 0 aliphatic rings. The molecule has 0 radical (unpaired) electrons. The van der Waals surface area contributed by atoms with Gasteiger partial charge in [-0.05, 0) is 55.2 Å². The zero-order valence-electron chi connectivity index (χ0n) is 12.8. The fourth-order valence-electron chi connectivity index (χ4n) is 2.26. The molecule has 0 fully saturated rings. The second kappa shape index (κ2) is 7.10. The second-order valence-electron chi connectivity index (χ2n) is 5.36. The van der Waals surface area contributed by atoms with Gasteiger partial charge in [0.15, 0.2) is 0 Å². The summed E-state index contributed by atoms with van der Waals surface area (Å²) in [6.07, 6.45) is 0.731. The van der Waals surface area contributed by atoms with Crippen LogP contribution >= 0.6 is 15.9 Å². The van der Waals surface area contributed by atoms with Crippen LogP contribution in [0.2, 0.25) is 0 Å². The first-order valence-electron chi connectivity index (χ1n) is 7.26. The molecule has 112 valence electrons. The minimum atomic E-state index is -0.136. The first-order chi connectivity index (χ1) is 10.0. The Labute approximate surface area is 135 Å². The van der Waals surface area contributed by atoms with Crippen molar-refractivity contribution >= 4 is 15.9 Å². The van der Waals surface area contributed by atoms with E-state index in [0.29, 0.717) is 0 Å². The summed E-state index contributed by atoms with van der Waals surface area (Å²) < 4.78 is 7.32. The zero-order chi connectivity index (χ0) is 15.4. The van der Waals surface area contributed by atoms with Gasteiger partial charge in [0.25, 0.3) is 0 Å². The van der Waals surface area contributed by atoms with Gasteiger partial charge in [-0.3, -0.25) is 0 Å². The van der Waals surface area contributed by atoms with Crippen molar-refractivity contribution in [3.63, 3.8) is 0 Å². The van der Waals surface area contributed by atoms with Gasteiger partial charge in [-0.2, -0.15) is 0 Å². The molecule has 0 aliphatic heterocycles. The van der Waals surface area contributed by atoms with Crippen LogP contribution in [0, 0.1) is 13.8 Å². The summed E-state index contributed by atoms with van der Waals surface area (Å²) in [5.74, 6) is 0.909. The van der Waals surface area contributed by atoms with E-state index in [2.05, 4.69) is 54.9 Å². The standard InChI is InChI=1S/C18H22BrNO/c1-4-16(20)18(14-8-10-15(19)11-9-14)21-17-7-5-6-12(2)13(17)3/h5-11,16,18H,4,20H2,1-3H3. The van der Waals surface area contributed by atoms with E-state index in [1.165, 1.54) is 11.1 Å². The molecule has 0 aliphatic carbocycles. The Kier molecular flexibility index (Phi) is 5.43. The quantitative estimate of drug-likeness (QED) is 0.832. The molecular formula is C18H22BrNO. The molecule has 2 nitrogen and oxygen atoms in total. The fourth-order valence-corrected chi connectivity index (χ4v) is 2.52. The van der Waals surface area contributed by atoms with Crippen LogP contribution in [0.3, 0.4) is 0 Å². The summed E-state index contributed by atoms with van der Waals surface area (Å²) in [4.78, 5) is 0. The topological polar surface area (TPSA) is 35.2 Å². The lowest BCUT2D eigenvalue weighted by Gasteiger charge is -2.26. The van der Waals surface area contributed by atoms with E-state index in [1.807, 2.05) is 24.3 Å². The van der Waals surface area contributed by atoms with Gasteiger partial charge < -0.3 is 10.5 Å². The third-order valence-corrected chi connectivity index (χ3v) is 4.40. The number of halogens is 1. The van der Waals surface area contributed by atoms with E-state index in [-0.39, 0.29) is 12.1 Å². The van der Waals surface area contributed by atoms with E-state index in [9.17, 15) is 0 Å². The predicted octanol–water partition coefficient (Wildman–Crippen LogP) is 4.92. The number of rotatable bonds is 5. The van der Waals surface area contributed by atoms with E-state index in [1.54, 1.807) is 0 Å². The average Bonchev–Trinajstić information content (AvgIpc) is 2.49. The smallest absolute Gasteiger partial charge is 0.139 e. The molecule has 2 aromatic carbocycles. The summed E-state index contributed by atoms with van der Waals surface area (Å²) in [5.41, 5.74) is 9.79. The number of nitrogens with two attached hydrogens (primary N) is 1. The van der Waals surface area contributed by atoms with Crippen LogP contribution in [-0.2, 0) is 0 Å². The Balaban J connectivity index is 2.33. The van der Waals surface area contributed by atoms with Crippen molar-refractivity contribution < 1.29 is 4.74 Å². The Bertz CT molecular complexity index is 595. The number of hydrogen-bond donors (Lipinski definition) is 1. The van der Waals surface area contributed by atoms with E-state index >= 15 is 0 Å². The summed E-state index contributed by atoms with van der Waals surface area (Å²) in [6, 6.07) is 14.3. The lowest BCUT2D eigenvalue weighted by Crippen LogP contribution is -2.31. The van der Waals surface area contributed by atoms with Gasteiger partial charge in [-0.1, -0.05) is 47.1 Å². The van der Waals surface area contributed by atoms with Gasteiger partial charge >= 0.3 is 0 Å². The minimum absolute atomic E-state index is 0.0360. The maximum absolute atomic E-state index is 6.29. The van der Waals surface area contributed by atoms with Crippen LogP contribution in [0.1, 0.15) is 36.1 Å². The van der Waals surface area contributed by atoms with Crippen LogP contribution in [0.5, 0.6) is 5.75 Å². The average molecular weight is 348 g/mol. The van der Waals surface area contributed by atoms with Crippen molar-refractivity contribution in [2.24, 2.45) is 5.73 Å². The Morgan fingerprint density at radius 3 is 2.38 bits per heavy atom. The zero-order valence-corrected chi connectivity index (χ0v) is 14.4. The molecule has 2 unspecified atom stereocenters. The fraction of sp³-hybridized carbons (Fsp3) is 0.333. The molecule has 0 saturated carbocycles. The largest absolute Gasteiger partial charge is 0.484 e. The third-order valence-electron chi connectivity index (χ3n) is 3.87. The summed E-state index contributed by atoms with van der Waals surface area (Å²) in [6.45, 7) is 6.26. The lowest BCUT2D eigenvalue weighted by atomic mass is 10.0. The highest BCUT2D eigenvalue weighted by Crippen LogP contribution is 2.29. The normalized spacial score (nSPS) is 13.8. The van der Waals surface area contributed by atoms with E-state index in [4.69, 9.17) is 10.5 Å². The maximum Gasteiger partial charge on any atom is 0.139 e. The van der Waals surface area contributed by atoms with Crippen LogP contribution in [0.4, 0.5) is 0 Å². The van der Waals surface area contributed by atoms with Gasteiger partial charge in [-0.15, -0.1) is 0 Å². The van der Waals surface area contributed by atoms with Crippen molar-refractivity contribution in [3.05, 3.63) is 63.6 Å². The van der Waals surface area contributed by atoms with Crippen LogP contribution < -0.4 is 10.5 Å².